The zero-order valence-electron chi connectivity index (χ0n) is 18.1. The van der Waals surface area contributed by atoms with Crippen LogP contribution in [-0.2, 0) is 19.6 Å². The van der Waals surface area contributed by atoms with Gasteiger partial charge >= 0.3 is 12.1 Å². The van der Waals surface area contributed by atoms with Crippen LogP contribution in [0.4, 0.5) is 10.6 Å². The molecule has 3 heterocycles. The van der Waals surface area contributed by atoms with Crippen molar-refractivity contribution in [3.63, 3.8) is 0 Å². The summed E-state index contributed by atoms with van der Waals surface area (Å²) in [6.07, 6.45) is 3.61. The van der Waals surface area contributed by atoms with Crippen LogP contribution in [0.1, 0.15) is 19.3 Å². The molecule has 12 nitrogen and oxygen atoms in total. The molecule has 2 aliphatic rings. The first-order valence-electron chi connectivity index (χ1n) is 10.5. The summed E-state index contributed by atoms with van der Waals surface area (Å²) in [7, 11) is -2.28. The van der Waals surface area contributed by atoms with E-state index in [0.29, 0.717) is 57.6 Å². The van der Waals surface area contributed by atoms with Crippen molar-refractivity contribution in [1.82, 2.24) is 19.2 Å². The standard InChI is InChI=1S/C19H29N5O7S/c1-30-18(25)4-11-32(28,29)24-9-7-22(8-10-24)16-12-21-17(13-20-16)31-14-15-2-5-23(6-3-15)19(26)27/h12-13,15H,2-11,14H2,1H3,(H,26,27). The second kappa shape index (κ2) is 10.8. The van der Waals surface area contributed by atoms with E-state index in [0.717, 1.165) is 12.8 Å². The zero-order valence-corrected chi connectivity index (χ0v) is 18.9. The number of ether oxygens (including phenoxy) is 2. The van der Waals surface area contributed by atoms with Crippen molar-refractivity contribution in [2.75, 3.05) is 63.6 Å². The van der Waals surface area contributed by atoms with Gasteiger partial charge in [0, 0.05) is 39.3 Å². The molecule has 1 N–H and O–H groups in total. The minimum atomic E-state index is -3.51. The van der Waals surface area contributed by atoms with Crippen LogP contribution in [0.15, 0.2) is 12.4 Å². The summed E-state index contributed by atoms with van der Waals surface area (Å²) in [4.78, 5) is 34.2. The predicted molar refractivity (Wildman–Crippen MR) is 114 cm³/mol. The number of carbonyl (C=O) groups excluding carboxylic acids is 1. The lowest BCUT2D eigenvalue weighted by molar-refractivity contribution is -0.140. The molecule has 0 saturated carbocycles. The first-order valence-corrected chi connectivity index (χ1v) is 12.1. The molecule has 0 aliphatic carbocycles. The number of hydrogen-bond acceptors (Lipinski definition) is 9. The molecule has 1 amide bonds. The Balaban J connectivity index is 1.43. The van der Waals surface area contributed by atoms with Crippen LogP contribution in [-0.4, -0.2) is 103 Å². The fourth-order valence-electron chi connectivity index (χ4n) is 3.68. The van der Waals surface area contributed by atoms with Gasteiger partial charge in [0.1, 0.15) is 5.82 Å². The Bertz CT molecular complexity index is 880. The third-order valence-electron chi connectivity index (χ3n) is 5.71. The predicted octanol–water partition coefficient (Wildman–Crippen LogP) is 0.260. The number of anilines is 1. The first-order chi connectivity index (χ1) is 15.3. The zero-order chi connectivity index (χ0) is 23.1. The minimum Gasteiger partial charge on any atom is -0.476 e. The van der Waals surface area contributed by atoms with E-state index in [1.54, 1.807) is 12.4 Å². The molecule has 32 heavy (non-hydrogen) atoms. The van der Waals surface area contributed by atoms with E-state index < -0.39 is 22.1 Å². The van der Waals surface area contributed by atoms with Crippen LogP contribution < -0.4 is 9.64 Å². The summed E-state index contributed by atoms with van der Waals surface area (Å²) in [5.41, 5.74) is 0. The summed E-state index contributed by atoms with van der Waals surface area (Å²) >= 11 is 0. The van der Waals surface area contributed by atoms with Gasteiger partial charge in [0.05, 0.1) is 38.3 Å². The summed E-state index contributed by atoms with van der Waals surface area (Å²) < 4.78 is 36.3. The molecule has 13 heteroatoms. The summed E-state index contributed by atoms with van der Waals surface area (Å²) in [6.45, 7) is 3.03. The Hall–Kier alpha value is -2.67. The topological polar surface area (TPSA) is 142 Å². The molecule has 0 spiro atoms. The van der Waals surface area contributed by atoms with Gasteiger partial charge in [0.15, 0.2) is 0 Å². The van der Waals surface area contributed by atoms with E-state index >= 15 is 0 Å². The molecule has 1 aromatic rings. The second-order valence-corrected chi connectivity index (χ2v) is 9.85. The highest BCUT2D eigenvalue weighted by atomic mass is 32.2. The molecule has 0 radical (unpaired) electrons. The van der Waals surface area contributed by atoms with Crippen molar-refractivity contribution in [3.8, 4) is 5.88 Å². The molecule has 2 aliphatic heterocycles. The highest BCUT2D eigenvalue weighted by molar-refractivity contribution is 7.89. The van der Waals surface area contributed by atoms with Gasteiger partial charge in [-0.1, -0.05) is 0 Å². The van der Waals surface area contributed by atoms with Crippen LogP contribution in [0, 0.1) is 5.92 Å². The second-order valence-electron chi connectivity index (χ2n) is 7.77. The number of carbonyl (C=O) groups is 2. The van der Waals surface area contributed by atoms with E-state index in [2.05, 4.69) is 14.7 Å². The van der Waals surface area contributed by atoms with Crippen LogP contribution in [0.2, 0.25) is 0 Å². The van der Waals surface area contributed by atoms with Gasteiger partial charge in [0.25, 0.3) is 0 Å². The number of sulfonamides is 1. The van der Waals surface area contributed by atoms with E-state index in [4.69, 9.17) is 9.84 Å². The minimum absolute atomic E-state index is 0.162. The highest BCUT2D eigenvalue weighted by Gasteiger charge is 2.28. The van der Waals surface area contributed by atoms with E-state index in [1.165, 1.54) is 16.3 Å². The molecule has 0 unspecified atom stereocenters. The third-order valence-corrected chi connectivity index (χ3v) is 7.59. The molecular formula is C19H29N5O7S. The Labute approximate surface area is 187 Å². The third kappa shape index (κ3) is 6.42. The van der Waals surface area contributed by atoms with Gasteiger partial charge in [-0.15, -0.1) is 0 Å². The van der Waals surface area contributed by atoms with Crippen molar-refractivity contribution in [2.45, 2.75) is 19.3 Å². The number of nitrogens with zero attached hydrogens (tertiary/aromatic N) is 5. The number of carboxylic acid groups (broad SMARTS) is 1. The number of likely N-dealkylation sites (tertiary alicyclic amines) is 1. The van der Waals surface area contributed by atoms with Gasteiger partial charge in [-0.3, -0.25) is 4.79 Å². The number of rotatable bonds is 8. The Kier molecular flexibility index (Phi) is 8.07. The van der Waals surface area contributed by atoms with E-state index in [1.807, 2.05) is 4.90 Å². The molecule has 0 bridgehead atoms. The molecular weight excluding hydrogens is 442 g/mol. The van der Waals surface area contributed by atoms with Crippen LogP contribution >= 0.6 is 0 Å². The molecule has 0 atom stereocenters. The summed E-state index contributed by atoms with van der Waals surface area (Å²) in [6, 6.07) is 0. The van der Waals surface area contributed by atoms with E-state index in [9.17, 15) is 18.0 Å². The number of esters is 1. The number of aromatic nitrogens is 2. The molecule has 2 fully saturated rings. The monoisotopic (exact) mass is 471 g/mol. The first kappa shape index (κ1) is 24.0. The maximum absolute atomic E-state index is 12.4. The van der Waals surface area contributed by atoms with Gasteiger partial charge in [-0.25, -0.2) is 23.2 Å². The van der Waals surface area contributed by atoms with Crippen molar-refractivity contribution < 1.29 is 32.6 Å². The number of hydrogen-bond donors (Lipinski definition) is 1. The number of amides is 1. The Morgan fingerprint density at radius 1 is 1.09 bits per heavy atom. The quantitative estimate of drug-likeness (QED) is 0.525. The van der Waals surface area contributed by atoms with Crippen LogP contribution in [0.25, 0.3) is 0 Å². The molecule has 0 aromatic carbocycles. The molecule has 1 aromatic heterocycles. The van der Waals surface area contributed by atoms with Gasteiger partial charge in [-0.05, 0) is 18.8 Å². The highest BCUT2D eigenvalue weighted by Crippen LogP contribution is 2.20. The van der Waals surface area contributed by atoms with Gasteiger partial charge < -0.3 is 24.4 Å². The normalized spacial score (nSPS) is 18.4. The number of methoxy groups -OCH3 is 1. The Morgan fingerprint density at radius 3 is 2.34 bits per heavy atom. The average Bonchev–Trinajstić information content (AvgIpc) is 2.82. The molecule has 178 valence electrons. The number of piperidine rings is 1. The fraction of sp³-hybridized carbons (Fsp3) is 0.684. The van der Waals surface area contributed by atoms with Crippen molar-refractivity contribution in [3.05, 3.63) is 12.4 Å². The number of piperazine rings is 1. The average molecular weight is 472 g/mol. The molecule has 3 rings (SSSR count). The van der Waals surface area contributed by atoms with Crippen LogP contribution in [0.5, 0.6) is 5.88 Å². The summed E-state index contributed by atoms with van der Waals surface area (Å²) in [5.74, 6) is 0.509. The van der Waals surface area contributed by atoms with Crippen molar-refractivity contribution in [1.29, 1.82) is 0 Å². The maximum Gasteiger partial charge on any atom is 0.407 e. The summed E-state index contributed by atoms with van der Waals surface area (Å²) in [5, 5.41) is 9.00. The van der Waals surface area contributed by atoms with Gasteiger partial charge in [0.2, 0.25) is 15.9 Å². The lowest BCUT2D eigenvalue weighted by atomic mass is 9.98. The lowest BCUT2D eigenvalue weighted by Crippen LogP contribution is -2.49. The Morgan fingerprint density at radius 2 is 1.78 bits per heavy atom. The van der Waals surface area contributed by atoms with Crippen LogP contribution in [0.3, 0.4) is 0 Å². The SMILES string of the molecule is COC(=O)CCS(=O)(=O)N1CCN(c2cnc(OCC3CCN(C(=O)O)CC3)cn2)CC1. The lowest BCUT2D eigenvalue weighted by Gasteiger charge is -2.34. The smallest absolute Gasteiger partial charge is 0.407 e. The van der Waals surface area contributed by atoms with Crippen molar-refractivity contribution >= 4 is 27.9 Å². The van der Waals surface area contributed by atoms with E-state index in [-0.39, 0.29) is 18.1 Å². The largest absolute Gasteiger partial charge is 0.476 e. The van der Waals surface area contributed by atoms with Crippen molar-refractivity contribution in [2.24, 2.45) is 5.92 Å². The maximum atomic E-state index is 12.4. The fourth-order valence-corrected chi connectivity index (χ4v) is 5.08. The molecule has 2 saturated heterocycles. The van der Waals surface area contributed by atoms with Gasteiger partial charge in [-0.2, -0.15) is 4.31 Å².